The van der Waals surface area contributed by atoms with Crippen LogP contribution in [0.4, 0.5) is 18.3 Å². The van der Waals surface area contributed by atoms with Crippen molar-refractivity contribution in [2.45, 2.75) is 12.7 Å². The second kappa shape index (κ2) is 6.04. The van der Waals surface area contributed by atoms with Crippen molar-refractivity contribution in [3.8, 4) is 5.69 Å². The summed E-state index contributed by atoms with van der Waals surface area (Å²) in [6, 6.07) is 9.60. The number of benzene rings is 1. The number of thiazole rings is 1. The number of para-hydroxylation sites is 1. The van der Waals surface area contributed by atoms with Gasteiger partial charge >= 0.3 is 6.18 Å². The van der Waals surface area contributed by atoms with Gasteiger partial charge < -0.3 is 4.90 Å². The fraction of sp³-hybridized carbons (Fsp3) is 0.200. The lowest BCUT2D eigenvalue weighted by Gasteiger charge is -2.14. The molecular weight excluding hydrogens is 325 g/mol. The minimum atomic E-state index is -4.35. The second-order valence-electron chi connectivity index (χ2n) is 4.99. The van der Waals surface area contributed by atoms with Crippen LogP contribution in [0.15, 0.2) is 48.9 Å². The van der Waals surface area contributed by atoms with Crippen molar-refractivity contribution in [3.05, 3.63) is 59.4 Å². The molecule has 1 aromatic carbocycles. The summed E-state index contributed by atoms with van der Waals surface area (Å²) < 4.78 is 39.6. The first-order valence-corrected chi connectivity index (χ1v) is 7.58. The Morgan fingerprint density at radius 3 is 2.57 bits per heavy atom. The van der Waals surface area contributed by atoms with Gasteiger partial charge in [0.1, 0.15) is 4.88 Å². The van der Waals surface area contributed by atoms with Gasteiger partial charge in [-0.05, 0) is 12.1 Å². The third-order valence-corrected chi connectivity index (χ3v) is 4.33. The first kappa shape index (κ1) is 15.5. The number of anilines is 1. The first-order valence-electron chi connectivity index (χ1n) is 6.76. The summed E-state index contributed by atoms with van der Waals surface area (Å²) >= 11 is 0.633. The Morgan fingerprint density at radius 2 is 1.91 bits per heavy atom. The molecular formula is C15H13F3N4S. The lowest BCUT2D eigenvalue weighted by Crippen LogP contribution is -2.15. The van der Waals surface area contributed by atoms with Gasteiger partial charge in [0.2, 0.25) is 0 Å². The van der Waals surface area contributed by atoms with Gasteiger partial charge in [-0.15, -0.1) is 0 Å². The normalized spacial score (nSPS) is 11.7. The molecule has 2 aromatic heterocycles. The SMILES string of the molecule is CN(Cc1cnn(-c2ccccc2)c1)c1ncc(C(F)(F)F)s1. The monoisotopic (exact) mass is 338 g/mol. The van der Waals surface area contributed by atoms with Gasteiger partial charge in [0.05, 0.1) is 18.1 Å². The van der Waals surface area contributed by atoms with E-state index in [0.29, 0.717) is 23.0 Å². The average Bonchev–Trinajstić information content (AvgIpc) is 3.17. The summed E-state index contributed by atoms with van der Waals surface area (Å²) in [5.41, 5.74) is 1.81. The van der Waals surface area contributed by atoms with Crippen LogP contribution >= 0.6 is 11.3 Å². The second-order valence-corrected chi connectivity index (χ2v) is 6.00. The van der Waals surface area contributed by atoms with Crippen LogP contribution in [0.5, 0.6) is 0 Å². The van der Waals surface area contributed by atoms with Gasteiger partial charge in [-0.3, -0.25) is 0 Å². The summed E-state index contributed by atoms with van der Waals surface area (Å²) in [5.74, 6) is 0. The van der Waals surface area contributed by atoms with E-state index >= 15 is 0 Å². The predicted octanol–water partition coefficient (Wildman–Crippen LogP) is 3.98. The Labute approximate surface area is 134 Å². The molecule has 3 rings (SSSR count). The lowest BCUT2D eigenvalue weighted by molar-refractivity contribution is -0.134. The van der Waals surface area contributed by atoms with Crippen LogP contribution < -0.4 is 4.90 Å². The van der Waals surface area contributed by atoms with Crippen molar-refractivity contribution in [2.24, 2.45) is 0 Å². The zero-order valence-corrected chi connectivity index (χ0v) is 13.0. The van der Waals surface area contributed by atoms with Crippen LogP contribution in [-0.2, 0) is 12.7 Å². The molecule has 0 fully saturated rings. The molecule has 120 valence electrons. The maximum atomic E-state index is 12.6. The zero-order chi connectivity index (χ0) is 16.4. The fourth-order valence-electron chi connectivity index (χ4n) is 2.08. The molecule has 0 N–H and O–H groups in total. The van der Waals surface area contributed by atoms with E-state index in [1.54, 1.807) is 22.8 Å². The molecule has 0 aliphatic heterocycles. The molecule has 4 nitrogen and oxygen atoms in total. The Hall–Kier alpha value is -2.35. The highest BCUT2D eigenvalue weighted by Gasteiger charge is 2.33. The molecule has 0 radical (unpaired) electrons. The largest absolute Gasteiger partial charge is 0.427 e. The molecule has 0 aliphatic carbocycles. The smallest absolute Gasteiger partial charge is 0.347 e. The molecule has 0 saturated carbocycles. The third kappa shape index (κ3) is 3.53. The molecule has 0 amide bonds. The molecule has 0 bridgehead atoms. The van der Waals surface area contributed by atoms with Crippen molar-refractivity contribution in [1.29, 1.82) is 0 Å². The maximum Gasteiger partial charge on any atom is 0.427 e. The van der Waals surface area contributed by atoms with Gasteiger partial charge in [-0.25, -0.2) is 9.67 Å². The topological polar surface area (TPSA) is 34.0 Å². The molecule has 0 spiro atoms. The van der Waals surface area contributed by atoms with E-state index in [9.17, 15) is 13.2 Å². The highest BCUT2D eigenvalue weighted by Crippen LogP contribution is 2.36. The Morgan fingerprint density at radius 1 is 1.17 bits per heavy atom. The number of hydrogen-bond acceptors (Lipinski definition) is 4. The third-order valence-electron chi connectivity index (χ3n) is 3.18. The van der Waals surface area contributed by atoms with Crippen LogP contribution in [0.25, 0.3) is 5.69 Å². The van der Waals surface area contributed by atoms with Crippen LogP contribution in [0, 0.1) is 0 Å². The number of halogens is 3. The molecule has 8 heteroatoms. The van der Waals surface area contributed by atoms with Crippen molar-refractivity contribution in [3.63, 3.8) is 0 Å². The van der Waals surface area contributed by atoms with E-state index < -0.39 is 11.1 Å². The van der Waals surface area contributed by atoms with E-state index in [4.69, 9.17) is 0 Å². The summed E-state index contributed by atoms with van der Waals surface area (Å²) in [4.78, 5) is 4.82. The van der Waals surface area contributed by atoms with Gasteiger partial charge in [0.25, 0.3) is 0 Å². The molecule has 2 heterocycles. The highest BCUT2D eigenvalue weighted by molar-refractivity contribution is 7.15. The molecule has 3 aromatic rings. The van der Waals surface area contributed by atoms with E-state index in [1.165, 1.54) is 0 Å². The summed E-state index contributed by atoms with van der Waals surface area (Å²) in [6.45, 7) is 0.428. The summed E-state index contributed by atoms with van der Waals surface area (Å²) in [6.07, 6.45) is 0.0602. The minimum absolute atomic E-state index is 0.324. The summed E-state index contributed by atoms with van der Waals surface area (Å²) in [7, 11) is 1.71. The van der Waals surface area contributed by atoms with E-state index in [2.05, 4.69) is 10.1 Å². The van der Waals surface area contributed by atoms with Crippen LogP contribution in [0.2, 0.25) is 0 Å². The highest BCUT2D eigenvalue weighted by atomic mass is 32.1. The number of nitrogens with zero attached hydrogens (tertiary/aromatic N) is 4. The molecule has 0 aliphatic rings. The Kier molecular flexibility index (Phi) is 4.08. The van der Waals surface area contributed by atoms with Crippen molar-refractivity contribution < 1.29 is 13.2 Å². The Bertz CT molecular complexity index is 779. The van der Waals surface area contributed by atoms with E-state index in [0.717, 1.165) is 17.4 Å². The van der Waals surface area contributed by atoms with Crippen molar-refractivity contribution in [1.82, 2.24) is 14.8 Å². The van der Waals surface area contributed by atoms with Crippen LogP contribution in [0.1, 0.15) is 10.4 Å². The number of alkyl halides is 3. The quantitative estimate of drug-likeness (QED) is 0.721. The standard InChI is InChI=1S/C15H13F3N4S/c1-21(14-19-8-13(23-14)15(16,17)18)9-11-7-20-22(10-11)12-5-3-2-4-6-12/h2-8,10H,9H2,1H3. The maximum absolute atomic E-state index is 12.6. The van der Waals surface area contributed by atoms with Crippen LogP contribution in [0.3, 0.4) is 0 Å². The van der Waals surface area contributed by atoms with Crippen molar-refractivity contribution >= 4 is 16.5 Å². The van der Waals surface area contributed by atoms with Gasteiger partial charge in [0, 0.05) is 25.4 Å². The number of aromatic nitrogens is 3. The Balaban J connectivity index is 1.72. The minimum Gasteiger partial charge on any atom is -0.347 e. The van der Waals surface area contributed by atoms with E-state index in [1.807, 2.05) is 36.5 Å². The van der Waals surface area contributed by atoms with E-state index in [-0.39, 0.29) is 0 Å². The lowest BCUT2D eigenvalue weighted by atomic mass is 10.3. The number of hydrogen-bond donors (Lipinski definition) is 0. The fourth-order valence-corrected chi connectivity index (χ4v) is 2.82. The predicted molar refractivity (Wildman–Crippen MR) is 82.8 cm³/mol. The molecule has 0 saturated heterocycles. The molecule has 23 heavy (non-hydrogen) atoms. The summed E-state index contributed by atoms with van der Waals surface area (Å²) in [5, 5.41) is 4.59. The van der Waals surface area contributed by atoms with Gasteiger partial charge in [0.15, 0.2) is 5.13 Å². The van der Waals surface area contributed by atoms with Gasteiger partial charge in [-0.1, -0.05) is 29.5 Å². The first-order chi connectivity index (χ1) is 10.9. The number of rotatable bonds is 4. The molecule has 0 atom stereocenters. The molecule has 0 unspecified atom stereocenters. The van der Waals surface area contributed by atoms with Crippen LogP contribution in [-0.4, -0.2) is 21.8 Å². The zero-order valence-electron chi connectivity index (χ0n) is 12.2. The average molecular weight is 338 g/mol. The van der Waals surface area contributed by atoms with Crippen molar-refractivity contribution in [2.75, 3.05) is 11.9 Å². The van der Waals surface area contributed by atoms with Gasteiger partial charge in [-0.2, -0.15) is 18.3 Å².